The van der Waals surface area contributed by atoms with Gasteiger partial charge in [0.1, 0.15) is 6.26 Å². The van der Waals surface area contributed by atoms with E-state index in [1.807, 2.05) is 12.1 Å². The van der Waals surface area contributed by atoms with Gasteiger partial charge in [-0.2, -0.15) is 4.39 Å². The number of ketones is 1. The van der Waals surface area contributed by atoms with Gasteiger partial charge in [-0.05, 0) is 41.5 Å². The van der Waals surface area contributed by atoms with Crippen LogP contribution in [0.5, 0.6) is 0 Å². The molecule has 2 aromatic heterocycles. The van der Waals surface area contributed by atoms with Crippen molar-refractivity contribution in [3.05, 3.63) is 87.7 Å². The Bertz CT molecular complexity index is 1150. The second kappa shape index (κ2) is 8.76. The summed E-state index contributed by atoms with van der Waals surface area (Å²) in [6.07, 6.45) is -1.93. The molecule has 0 radical (unpaired) electrons. The average molecular weight is 462 g/mol. The van der Waals surface area contributed by atoms with Gasteiger partial charge in [0.25, 0.3) is 0 Å². The highest BCUT2D eigenvalue weighted by Gasteiger charge is 2.42. The van der Waals surface area contributed by atoms with Crippen molar-refractivity contribution in [1.82, 2.24) is 4.98 Å². The Labute approximate surface area is 185 Å². The summed E-state index contributed by atoms with van der Waals surface area (Å²) >= 11 is 7.87. The van der Waals surface area contributed by atoms with Crippen LogP contribution in [0.1, 0.15) is 22.1 Å². The lowest BCUT2D eigenvalue weighted by Crippen LogP contribution is -2.44. The van der Waals surface area contributed by atoms with Crippen LogP contribution in [0.15, 0.2) is 60.7 Å². The summed E-state index contributed by atoms with van der Waals surface area (Å²) in [6.45, 7) is 0. The van der Waals surface area contributed by atoms with E-state index in [0.29, 0.717) is 23.3 Å². The summed E-state index contributed by atoms with van der Waals surface area (Å²) in [5.41, 5.74) is 2.02. The third kappa shape index (κ3) is 4.33. The van der Waals surface area contributed by atoms with Crippen molar-refractivity contribution in [2.75, 3.05) is 0 Å². The fraction of sp³-hybridized carbons (Fsp3) is 0.182. The topological polar surface area (TPSA) is 99.9 Å². The number of aliphatic hydroxyl groups is 3. The lowest BCUT2D eigenvalue weighted by molar-refractivity contribution is -0.154. The number of nitrogens with zero attached hydrogens (tertiary/aromatic N) is 1. The number of thiophene rings is 1. The summed E-state index contributed by atoms with van der Waals surface area (Å²) in [5.74, 6) is -1.72. The number of aliphatic hydroxyl groups excluding tert-OH is 3. The highest BCUT2D eigenvalue weighted by atomic mass is 35.5. The normalized spacial score (nSPS) is 22.5. The molecule has 3 N–H and O–H groups in total. The molecule has 1 aromatic carbocycles. The first kappa shape index (κ1) is 21.5. The van der Waals surface area contributed by atoms with Crippen molar-refractivity contribution in [1.29, 1.82) is 0 Å². The van der Waals surface area contributed by atoms with Gasteiger partial charge in [0, 0.05) is 33.0 Å². The minimum atomic E-state index is -1.71. The van der Waals surface area contributed by atoms with Crippen molar-refractivity contribution < 1.29 is 29.2 Å². The summed E-state index contributed by atoms with van der Waals surface area (Å²) in [4.78, 5) is 17.7. The zero-order valence-corrected chi connectivity index (χ0v) is 17.5. The van der Waals surface area contributed by atoms with Gasteiger partial charge in [0.2, 0.25) is 11.7 Å². The monoisotopic (exact) mass is 461 g/mol. The molecule has 31 heavy (non-hydrogen) atoms. The number of ether oxygens (including phenoxy) is 1. The zero-order chi connectivity index (χ0) is 22.1. The maximum absolute atomic E-state index is 13.0. The molecule has 1 fully saturated rings. The largest absolute Gasteiger partial charge is 0.512 e. The third-order valence-corrected chi connectivity index (χ3v) is 6.45. The molecular weight excluding hydrogens is 445 g/mol. The lowest BCUT2D eigenvalue weighted by Gasteiger charge is -2.32. The van der Waals surface area contributed by atoms with Crippen molar-refractivity contribution >= 4 is 28.7 Å². The minimum absolute atomic E-state index is 0.326. The van der Waals surface area contributed by atoms with Crippen LogP contribution in [0.25, 0.3) is 10.4 Å². The summed E-state index contributed by atoms with van der Waals surface area (Å²) in [6, 6.07) is 11.8. The standard InChI is InChI=1S/C22H17ClFNO5S/c23-15-4-1-11(22-21(29)20(28)19(27)16(10-26)30-22)7-13(15)8-14-3-5-17(31-14)12-2-6-18(24)25-9-12/h1-7,9-10,19,21-22,26-27,29H,8H2/b16-10-/t19-,21-,22?/m1/s1. The van der Waals surface area contributed by atoms with Crippen LogP contribution in [-0.4, -0.2) is 38.3 Å². The summed E-state index contributed by atoms with van der Waals surface area (Å²) in [7, 11) is 0. The van der Waals surface area contributed by atoms with E-state index in [-0.39, 0.29) is 5.76 Å². The van der Waals surface area contributed by atoms with Crippen LogP contribution in [0.3, 0.4) is 0 Å². The Kier molecular flexibility index (Phi) is 6.06. The van der Waals surface area contributed by atoms with Gasteiger partial charge in [0.05, 0.1) is 0 Å². The molecule has 1 aliphatic rings. The first-order valence-electron chi connectivity index (χ1n) is 9.27. The Morgan fingerprint density at radius 3 is 2.71 bits per heavy atom. The predicted molar refractivity (Wildman–Crippen MR) is 113 cm³/mol. The molecule has 6 nitrogen and oxygen atoms in total. The van der Waals surface area contributed by atoms with E-state index in [1.54, 1.807) is 24.3 Å². The molecule has 0 amide bonds. The molecule has 1 aliphatic heterocycles. The SMILES string of the molecule is O=C1[C@@H](O)C(c2ccc(Cl)c(Cc3ccc(-c4ccc(F)nc4)s3)c2)O/C(=C\O)[C@H]1O. The van der Waals surface area contributed by atoms with E-state index < -0.39 is 30.0 Å². The highest BCUT2D eigenvalue weighted by Crippen LogP contribution is 2.35. The van der Waals surface area contributed by atoms with Crippen LogP contribution in [0.2, 0.25) is 5.02 Å². The minimum Gasteiger partial charge on any atom is -0.512 e. The molecular formula is C22H17ClFNO5S. The van der Waals surface area contributed by atoms with Gasteiger partial charge < -0.3 is 20.1 Å². The first-order valence-corrected chi connectivity index (χ1v) is 10.5. The van der Waals surface area contributed by atoms with Gasteiger partial charge in [-0.1, -0.05) is 23.7 Å². The number of Topliss-reactive ketones (excluding diaryl/α,β-unsaturated/α-hetero) is 1. The van der Waals surface area contributed by atoms with Crippen molar-refractivity contribution in [3.8, 4) is 10.4 Å². The fourth-order valence-electron chi connectivity index (χ4n) is 3.32. The molecule has 0 aliphatic carbocycles. The Hall–Kier alpha value is -2.78. The van der Waals surface area contributed by atoms with E-state index in [1.165, 1.54) is 23.6 Å². The van der Waals surface area contributed by atoms with Crippen LogP contribution in [0, 0.1) is 5.95 Å². The first-order chi connectivity index (χ1) is 14.9. The van der Waals surface area contributed by atoms with Gasteiger partial charge in [-0.25, -0.2) is 4.98 Å². The lowest BCUT2D eigenvalue weighted by atomic mass is 9.93. The molecule has 1 unspecified atom stereocenters. The number of carbonyl (C=O) groups excluding carboxylic acids is 1. The van der Waals surface area contributed by atoms with E-state index in [0.717, 1.165) is 20.9 Å². The maximum atomic E-state index is 13.0. The number of halogens is 2. The van der Waals surface area contributed by atoms with Crippen molar-refractivity contribution in [2.45, 2.75) is 24.7 Å². The number of pyridine rings is 1. The molecule has 0 saturated carbocycles. The van der Waals surface area contributed by atoms with Crippen LogP contribution < -0.4 is 0 Å². The number of benzene rings is 1. The van der Waals surface area contributed by atoms with E-state index in [4.69, 9.17) is 16.3 Å². The zero-order valence-electron chi connectivity index (χ0n) is 15.9. The van der Waals surface area contributed by atoms with Crippen molar-refractivity contribution in [2.24, 2.45) is 0 Å². The number of hydrogen-bond donors (Lipinski definition) is 3. The van der Waals surface area contributed by atoms with E-state index in [2.05, 4.69) is 4.98 Å². The van der Waals surface area contributed by atoms with Gasteiger partial charge >= 0.3 is 0 Å². The van der Waals surface area contributed by atoms with E-state index in [9.17, 15) is 24.5 Å². The quantitative estimate of drug-likeness (QED) is 0.402. The molecule has 0 spiro atoms. The van der Waals surface area contributed by atoms with Gasteiger partial charge in [-0.3, -0.25) is 4.79 Å². The highest BCUT2D eigenvalue weighted by molar-refractivity contribution is 7.15. The molecule has 0 bridgehead atoms. The van der Waals surface area contributed by atoms with Crippen molar-refractivity contribution in [3.63, 3.8) is 0 Å². The molecule has 9 heteroatoms. The number of hydrogen-bond acceptors (Lipinski definition) is 7. The third-order valence-electron chi connectivity index (χ3n) is 4.94. The molecule has 1 saturated heterocycles. The fourth-order valence-corrected chi connectivity index (χ4v) is 4.53. The smallest absolute Gasteiger partial charge is 0.212 e. The summed E-state index contributed by atoms with van der Waals surface area (Å²) < 4.78 is 18.5. The Balaban J connectivity index is 1.59. The predicted octanol–water partition coefficient (Wildman–Crippen LogP) is 3.96. The van der Waals surface area contributed by atoms with E-state index >= 15 is 0 Å². The van der Waals surface area contributed by atoms with Crippen LogP contribution >= 0.6 is 22.9 Å². The Morgan fingerprint density at radius 2 is 2.00 bits per heavy atom. The molecule has 3 aromatic rings. The summed E-state index contributed by atoms with van der Waals surface area (Å²) in [5, 5.41) is 29.7. The Morgan fingerprint density at radius 1 is 1.19 bits per heavy atom. The maximum Gasteiger partial charge on any atom is 0.212 e. The number of aromatic nitrogens is 1. The molecule has 3 heterocycles. The number of carbonyl (C=O) groups is 1. The molecule has 3 atom stereocenters. The number of rotatable bonds is 4. The average Bonchev–Trinajstić information content (AvgIpc) is 3.23. The second-order valence-electron chi connectivity index (χ2n) is 6.98. The molecule has 160 valence electrons. The molecule has 4 rings (SSSR count). The van der Waals surface area contributed by atoms with Crippen LogP contribution in [-0.2, 0) is 16.0 Å². The van der Waals surface area contributed by atoms with Gasteiger partial charge in [0.15, 0.2) is 24.1 Å². The van der Waals surface area contributed by atoms with Gasteiger partial charge in [-0.15, -0.1) is 11.3 Å². The van der Waals surface area contributed by atoms with Crippen LogP contribution in [0.4, 0.5) is 4.39 Å². The second-order valence-corrected chi connectivity index (χ2v) is 8.56.